The lowest BCUT2D eigenvalue weighted by Gasteiger charge is -2.14. The van der Waals surface area contributed by atoms with E-state index in [1.54, 1.807) is 25.1 Å². The molecule has 140 valence electrons. The maximum atomic E-state index is 12.3. The zero-order valence-corrected chi connectivity index (χ0v) is 15.1. The molecular weight excluding hydrogens is 338 g/mol. The van der Waals surface area contributed by atoms with Gasteiger partial charge >= 0.3 is 11.6 Å². The second-order valence-corrected chi connectivity index (χ2v) is 6.10. The quantitative estimate of drug-likeness (QED) is 0.700. The molecule has 2 N–H and O–H groups in total. The summed E-state index contributed by atoms with van der Waals surface area (Å²) in [6, 6.07) is 4.31. The predicted molar refractivity (Wildman–Crippen MR) is 96.6 cm³/mol. The summed E-state index contributed by atoms with van der Waals surface area (Å²) < 4.78 is 10.5. The molecule has 1 aromatic carbocycles. The molecule has 0 bridgehead atoms. The number of aryl methyl sites for hydroxylation is 1. The first-order chi connectivity index (χ1) is 12.4. The van der Waals surface area contributed by atoms with Crippen LogP contribution in [0.1, 0.15) is 37.3 Å². The van der Waals surface area contributed by atoms with Gasteiger partial charge in [-0.2, -0.15) is 0 Å². The van der Waals surface area contributed by atoms with Gasteiger partial charge in [-0.05, 0) is 37.5 Å². The molecule has 1 amide bonds. The van der Waals surface area contributed by atoms with E-state index in [4.69, 9.17) is 14.3 Å². The molecule has 0 radical (unpaired) electrons. The number of carbonyl (C=O) groups is 2. The van der Waals surface area contributed by atoms with Gasteiger partial charge < -0.3 is 19.6 Å². The molecule has 0 fully saturated rings. The van der Waals surface area contributed by atoms with Gasteiger partial charge in [0.2, 0.25) is 5.91 Å². The van der Waals surface area contributed by atoms with Crippen molar-refractivity contribution in [3.8, 4) is 5.75 Å². The van der Waals surface area contributed by atoms with Gasteiger partial charge in [0.15, 0.2) is 0 Å². The Morgan fingerprint density at radius 2 is 2.08 bits per heavy atom. The van der Waals surface area contributed by atoms with Crippen molar-refractivity contribution in [2.75, 3.05) is 7.11 Å². The smallest absolute Gasteiger partial charge is 0.339 e. The molecule has 1 atom stereocenters. The van der Waals surface area contributed by atoms with E-state index >= 15 is 0 Å². The molecule has 0 aliphatic rings. The summed E-state index contributed by atoms with van der Waals surface area (Å²) in [6.45, 7) is 3.65. The third kappa shape index (κ3) is 4.41. The van der Waals surface area contributed by atoms with E-state index in [9.17, 15) is 14.4 Å². The topological polar surface area (TPSA) is 106 Å². The Morgan fingerprint density at radius 1 is 1.35 bits per heavy atom. The number of aliphatic carboxylic acids is 1. The largest absolute Gasteiger partial charge is 0.497 e. The van der Waals surface area contributed by atoms with Crippen molar-refractivity contribution in [2.24, 2.45) is 0 Å². The van der Waals surface area contributed by atoms with Crippen molar-refractivity contribution in [3.63, 3.8) is 0 Å². The molecule has 2 rings (SSSR count). The Bertz CT molecular complexity index is 870. The molecule has 0 saturated carbocycles. The second kappa shape index (κ2) is 8.51. The summed E-state index contributed by atoms with van der Waals surface area (Å²) in [6.07, 6.45) is 1.20. The van der Waals surface area contributed by atoms with Crippen LogP contribution in [0.3, 0.4) is 0 Å². The van der Waals surface area contributed by atoms with Crippen molar-refractivity contribution in [2.45, 2.75) is 45.6 Å². The van der Waals surface area contributed by atoms with Crippen molar-refractivity contribution < 1.29 is 23.8 Å². The van der Waals surface area contributed by atoms with Gasteiger partial charge in [-0.3, -0.25) is 4.79 Å². The number of carboxylic acids is 1. The lowest BCUT2D eigenvalue weighted by atomic mass is 10.0. The molecule has 1 heterocycles. The number of hydrogen-bond acceptors (Lipinski definition) is 5. The average Bonchev–Trinajstić information content (AvgIpc) is 2.60. The number of fused-ring (bicyclic) bond motifs is 1. The second-order valence-electron chi connectivity index (χ2n) is 6.10. The zero-order chi connectivity index (χ0) is 19.3. The van der Waals surface area contributed by atoms with Crippen LogP contribution in [0.4, 0.5) is 0 Å². The van der Waals surface area contributed by atoms with Gasteiger partial charge in [-0.25, -0.2) is 9.59 Å². The van der Waals surface area contributed by atoms with Crippen LogP contribution in [0.15, 0.2) is 27.4 Å². The SMILES string of the molecule is CCC[C@H](NC(=O)CCc1c(C)c2ccc(OC)cc2oc1=O)C(=O)O. The molecular formula is C19H23NO6. The van der Waals surface area contributed by atoms with Crippen LogP contribution >= 0.6 is 0 Å². The standard InChI is InChI=1S/C19H23NO6/c1-4-5-15(18(22)23)20-17(21)9-8-14-11(2)13-7-6-12(25-3)10-16(13)26-19(14)24/h6-7,10,15H,4-5,8-9H2,1-3H3,(H,20,21)(H,22,23)/t15-/m0/s1. The highest BCUT2D eigenvalue weighted by molar-refractivity contribution is 5.84. The molecule has 0 saturated heterocycles. The fourth-order valence-electron chi connectivity index (χ4n) is 2.84. The van der Waals surface area contributed by atoms with E-state index in [2.05, 4.69) is 5.32 Å². The first kappa shape index (κ1) is 19.5. The number of carbonyl (C=O) groups excluding carboxylic acids is 1. The Morgan fingerprint density at radius 3 is 2.69 bits per heavy atom. The van der Waals surface area contributed by atoms with E-state index in [0.29, 0.717) is 29.7 Å². The Hall–Kier alpha value is -2.83. The van der Waals surface area contributed by atoms with Crippen molar-refractivity contribution in [1.29, 1.82) is 0 Å². The van der Waals surface area contributed by atoms with Gasteiger partial charge in [-0.15, -0.1) is 0 Å². The third-order valence-corrected chi connectivity index (χ3v) is 4.31. The lowest BCUT2D eigenvalue weighted by Crippen LogP contribution is -2.40. The minimum absolute atomic E-state index is 0.0146. The summed E-state index contributed by atoms with van der Waals surface area (Å²) in [7, 11) is 1.53. The highest BCUT2D eigenvalue weighted by Crippen LogP contribution is 2.24. The number of amides is 1. The number of ether oxygens (including phenoxy) is 1. The Kier molecular flexibility index (Phi) is 6.38. The molecule has 0 aliphatic carbocycles. The maximum Gasteiger partial charge on any atom is 0.339 e. The summed E-state index contributed by atoms with van der Waals surface area (Å²) >= 11 is 0. The van der Waals surface area contributed by atoms with E-state index in [1.807, 2.05) is 6.92 Å². The number of hydrogen-bond donors (Lipinski definition) is 2. The molecule has 0 aliphatic heterocycles. The van der Waals surface area contributed by atoms with Crippen LogP contribution in [-0.4, -0.2) is 30.1 Å². The Labute approximate surface area is 151 Å². The number of benzene rings is 1. The molecule has 0 spiro atoms. The van der Waals surface area contributed by atoms with E-state index in [0.717, 1.165) is 10.9 Å². The first-order valence-electron chi connectivity index (χ1n) is 8.49. The van der Waals surface area contributed by atoms with E-state index in [1.165, 1.54) is 7.11 Å². The molecule has 7 nitrogen and oxygen atoms in total. The summed E-state index contributed by atoms with van der Waals surface area (Å²) in [4.78, 5) is 35.4. The van der Waals surface area contributed by atoms with Gasteiger partial charge in [0.1, 0.15) is 17.4 Å². The van der Waals surface area contributed by atoms with Crippen molar-refractivity contribution in [3.05, 3.63) is 39.7 Å². The van der Waals surface area contributed by atoms with Gasteiger partial charge in [-0.1, -0.05) is 13.3 Å². The molecule has 7 heteroatoms. The summed E-state index contributed by atoms with van der Waals surface area (Å²) in [5, 5.41) is 12.4. The highest BCUT2D eigenvalue weighted by Gasteiger charge is 2.19. The highest BCUT2D eigenvalue weighted by atomic mass is 16.5. The molecule has 0 unspecified atom stereocenters. The van der Waals surface area contributed by atoms with Gasteiger partial charge in [0, 0.05) is 23.4 Å². The van der Waals surface area contributed by atoms with Crippen LogP contribution in [-0.2, 0) is 16.0 Å². The number of methoxy groups -OCH3 is 1. The fourth-order valence-corrected chi connectivity index (χ4v) is 2.84. The van der Waals surface area contributed by atoms with Crippen LogP contribution in [0.25, 0.3) is 11.0 Å². The van der Waals surface area contributed by atoms with Crippen LogP contribution < -0.4 is 15.7 Å². The number of rotatable bonds is 8. The summed E-state index contributed by atoms with van der Waals surface area (Å²) in [5.74, 6) is -0.877. The molecule has 26 heavy (non-hydrogen) atoms. The zero-order valence-electron chi connectivity index (χ0n) is 15.1. The fraction of sp³-hybridized carbons (Fsp3) is 0.421. The van der Waals surface area contributed by atoms with Gasteiger partial charge in [0.05, 0.1) is 7.11 Å². The molecule has 1 aromatic heterocycles. The minimum Gasteiger partial charge on any atom is -0.497 e. The minimum atomic E-state index is -1.06. The average molecular weight is 361 g/mol. The normalized spacial score (nSPS) is 12.0. The van der Waals surface area contributed by atoms with E-state index < -0.39 is 23.5 Å². The summed E-state index contributed by atoms with van der Waals surface area (Å²) in [5.41, 5.74) is 1.09. The van der Waals surface area contributed by atoms with Crippen molar-refractivity contribution in [1.82, 2.24) is 5.32 Å². The number of carboxylic acid groups (broad SMARTS) is 1. The third-order valence-electron chi connectivity index (χ3n) is 4.31. The number of nitrogens with one attached hydrogen (secondary N) is 1. The van der Waals surface area contributed by atoms with Crippen molar-refractivity contribution >= 4 is 22.8 Å². The molecule has 2 aromatic rings. The lowest BCUT2D eigenvalue weighted by molar-refractivity contribution is -0.142. The first-order valence-corrected chi connectivity index (χ1v) is 8.49. The van der Waals surface area contributed by atoms with Crippen LogP contribution in [0.2, 0.25) is 0 Å². The van der Waals surface area contributed by atoms with Crippen LogP contribution in [0, 0.1) is 6.92 Å². The van der Waals surface area contributed by atoms with Crippen LogP contribution in [0.5, 0.6) is 5.75 Å². The Balaban J connectivity index is 2.17. The monoisotopic (exact) mass is 361 g/mol. The predicted octanol–water partition coefficient (Wildman–Crippen LogP) is 2.41. The van der Waals surface area contributed by atoms with E-state index in [-0.39, 0.29) is 12.8 Å². The maximum absolute atomic E-state index is 12.3. The van der Waals surface area contributed by atoms with Gasteiger partial charge in [0.25, 0.3) is 0 Å².